The molecule has 0 rings (SSSR count). The Kier molecular flexibility index (Phi) is 56.1. The van der Waals surface area contributed by atoms with Crippen molar-refractivity contribution in [1.29, 1.82) is 0 Å². The van der Waals surface area contributed by atoms with Crippen molar-refractivity contribution in [2.45, 2.75) is 20.8 Å². The predicted octanol–water partition coefficient (Wildman–Crippen LogP) is -9.38. The number of carboxylic acid groups (broad SMARTS) is 3. The van der Waals surface area contributed by atoms with E-state index in [-0.39, 0.29) is 88.7 Å². The Morgan fingerprint density at radius 1 is 0.481 bits per heavy atom. The zero-order chi connectivity index (χ0) is 19.2. The van der Waals surface area contributed by atoms with E-state index in [1.807, 2.05) is 0 Å². The summed E-state index contributed by atoms with van der Waals surface area (Å²) in [6.45, 7) is 5.42. The number of carbonyl (C=O) groups excluding carboxylic acids is 3. The predicted molar refractivity (Wildman–Crippen MR) is 86.9 cm³/mol. The van der Waals surface area contributed by atoms with E-state index in [4.69, 9.17) is 0 Å². The molecule has 0 atom stereocenters. The molecule has 132 valence electrons. The molecule has 0 aromatic carbocycles. The van der Waals surface area contributed by atoms with Gasteiger partial charge in [0.2, 0.25) is 0 Å². The Hall–Kier alpha value is -0.150. The molecule has 0 fully saturated rings. The van der Waals surface area contributed by atoms with E-state index in [2.05, 4.69) is 0 Å². The maximum atomic E-state index is 9.64. The smallest absolute Gasteiger partial charge is 0.545 e. The van der Waals surface area contributed by atoms with Crippen molar-refractivity contribution in [2.75, 3.05) is 0 Å². The molecule has 0 unspecified atom stereocenters. The Morgan fingerprint density at radius 2 is 0.667 bits per heavy atom. The molecule has 9 heteroatoms. The van der Waals surface area contributed by atoms with Crippen molar-refractivity contribution in [3.05, 3.63) is 72.9 Å². The fourth-order valence-corrected chi connectivity index (χ4v) is 0.736. The zero-order valence-electron chi connectivity index (χ0n) is 16.9. The van der Waals surface area contributed by atoms with Gasteiger partial charge in [0.25, 0.3) is 0 Å². The van der Waals surface area contributed by atoms with Crippen LogP contribution in [0, 0.1) is 0 Å². The van der Waals surface area contributed by atoms with Crippen LogP contribution in [0.25, 0.3) is 0 Å². The summed E-state index contributed by atoms with van der Waals surface area (Å²) >= 11 is 0. The van der Waals surface area contributed by atoms with Crippen LogP contribution in [0.4, 0.5) is 0 Å². The number of allylic oxidation sites excluding steroid dienone is 9. The fraction of sp³-hybridized carbons (Fsp3) is 0.167. The maximum absolute atomic E-state index is 9.64. The number of hydrogen-bond acceptors (Lipinski definition) is 6. The van der Waals surface area contributed by atoms with Gasteiger partial charge in [0.1, 0.15) is 0 Å². The molecule has 6 nitrogen and oxygen atoms in total. The molecule has 0 aromatic rings. The van der Waals surface area contributed by atoms with Gasteiger partial charge in [-0.1, -0.05) is 54.7 Å². The van der Waals surface area contributed by atoms with E-state index < -0.39 is 17.9 Å². The van der Waals surface area contributed by atoms with Gasteiger partial charge in [-0.25, -0.2) is 0 Å². The van der Waals surface area contributed by atoms with Crippen molar-refractivity contribution >= 4 is 17.9 Å². The topological polar surface area (TPSA) is 120 Å². The first kappa shape index (κ1) is 41.3. The third kappa shape index (κ3) is 66.7. The van der Waals surface area contributed by atoms with Crippen molar-refractivity contribution in [1.82, 2.24) is 0 Å². The molecule has 0 amide bonds. The molecule has 0 radical (unpaired) electrons. The Morgan fingerprint density at radius 3 is 0.778 bits per heavy atom. The SMILES string of the molecule is C/C=C/C=C/C(=O)[O-].C/C=C/C=C/C(=O)[O-].C/C=C/C=C/C(=O)[O-].[Na+].[Na+].[Na+]. The Bertz CT molecular complexity index is 457. The first-order valence-corrected chi connectivity index (χ1v) is 6.82. The van der Waals surface area contributed by atoms with Crippen LogP contribution in [-0.4, -0.2) is 17.9 Å². The van der Waals surface area contributed by atoms with Crippen LogP contribution in [0.2, 0.25) is 0 Å². The van der Waals surface area contributed by atoms with Crippen LogP contribution >= 0.6 is 0 Å². The quantitative estimate of drug-likeness (QED) is 0.247. The van der Waals surface area contributed by atoms with Gasteiger partial charge < -0.3 is 29.7 Å². The van der Waals surface area contributed by atoms with Crippen LogP contribution in [0.5, 0.6) is 0 Å². The van der Waals surface area contributed by atoms with E-state index in [0.29, 0.717) is 0 Å². The van der Waals surface area contributed by atoms with Crippen LogP contribution in [-0.2, 0) is 14.4 Å². The second-order valence-electron chi connectivity index (χ2n) is 3.61. The van der Waals surface area contributed by atoms with Crippen LogP contribution < -0.4 is 104 Å². The minimum atomic E-state index is -1.16. The van der Waals surface area contributed by atoms with Crippen LogP contribution in [0.15, 0.2) is 72.9 Å². The van der Waals surface area contributed by atoms with Gasteiger partial charge >= 0.3 is 88.7 Å². The zero-order valence-corrected chi connectivity index (χ0v) is 22.9. The molecule has 0 spiro atoms. The average Bonchev–Trinajstić information content (AvgIpc) is 2.48. The van der Waals surface area contributed by atoms with E-state index in [1.54, 1.807) is 57.2 Å². The van der Waals surface area contributed by atoms with Gasteiger partial charge in [-0.15, -0.1) is 0 Å². The third-order valence-corrected chi connectivity index (χ3v) is 1.61. The summed E-state index contributed by atoms with van der Waals surface area (Å²) in [5.41, 5.74) is 0. The molecule has 0 heterocycles. The summed E-state index contributed by atoms with van der Waals surface area (Å²) in [5, 5.41) is 28.9. The molecule has 27 heavy (non-hydrogen) atoms. The standard InChI is InChI=1S/3C6H8O2.3Na/c3*1-2-3-4-5-6(7)8;;;/h3*2-5H,1H3,(H,7,8);;;/q;;;3*+1/p-3/b3*3-2+,5-4+;;;. The molecule has 0 bridgehead atoms. The monoisotopic (exact) mass is 402 g/mol. The second-order valence-corrected chi connectivity index (χ2v) is 3.61. The maximum Gasteiger partial charge on any atom is 1.00 e. The third-order valence-electron chi connectivity index (χ3n) is 1.61. The summed E-state index contributed by atoms with van der Waals surface area (Å²) in [4.78, 5) is 28.9. The average molecular weight is 402 g/mol. The fourth-order valence-electron chi connectivity index (χ4n) is 0.736. The molecule has 0 aliphatic carbocycles. The van der Waals surface area contributed by atoms with E-state index in [9.17, 15) is 29.7 Å². The molecular weight excluding hydrogens is 381 g/mol. The largest absolute Gasteiger partial charge is 1.00 e. The van der Waals surface area contributed by atoms with Gasteiger partial charge in [0.05, 0.1) is 17.9 Å². The summed E-state index contributed by atoms with van der Waals surface area (Å²) in [6.07, 6.45) is 17.2. The number of rotatable bonds is 6. The minimum Gasteiger partial charge on any atom is -0.545 e. The van der Waals surface area contributed by atoms with E-state index in [1.165, 1.54) is 18.2 Å². The molecule has 0 N–H and O–H groups in total. The first-order valence-electron chi connectivity index (χ1n) is 6.82. The molecule has 0 saturated heterocycles. The van der Waals surface area contributed by atoms with Crippen molar-refractivity contribution in [2.24, 2.45) is 0 Å². The Balaban J connectivity index is -0.0000000580. The van der Waals surface area contributed by atoms with Crippen LogP contribution in [0.1, 0.15) is 20.8 Å². The van der Waals surface area contributed by atoms with E-state index >= 15 is 0 Å². The molecule has 0 aromatic heterocycles. The Labute approximate surface area is 227 Å². The van der Waals surface area contributed by atoms with Crippen molar-refractivity contribution < 1.29 is 118 Å². The minimum absolute atomic E-state index is 0. The van der Waals surface area contributed by atoms with Gasteiger partial charge in [0.15, 0.2) is 0 Å². The number of carbonyl (C=O) groups is 3. The molecule has 0 aliphatic rings. The molecule has 0 aliphatic heterocycles. The van der Waals surface area contributed by atoms with Gasteiger partial charge in [-0.2, -0.15) is 0 Å². The van der Waals surface area contributed by atoms with Gasteiger partial charge in [0, 0.05) is 0 Å². The van der Waals surface area contributed by atoms with Crippen LogP contribution in [0.3, 0.4) is 0 Å². The summed E-state index contributed by atoms with van der Waals surface area (Å²) in [6, 6.07) is 0. The molecular formula is C18H21Na3O6. The number of hydrogen-bond donors (Lipinski definition) is 0. The number of aliphatic carboxylic acids is 3. The normalized spacial score (nSPS) is 9.89. The van der Waals surface area contributed by atoms with E-state index in [0.717, 1.165) is 18.2 Å². The van der Waals surface area contributed by atoms with Gasteiger partial charge in [-0.3, -0.25) is 0 Å². The second kappa shape index (κ2) is 36.7. The number of carboxylic acids is 3. The molecule has 0 saturated carbocycles. The van der Waals surface area contributed by atoms with Crippen molar-refractivity contribution in [3.8, 4) is 0 Å². The summed E-state index contributed by atoms with van der Waals surface area (Å²) in [7, 11) is 0. The first-order chi connectivity index (χ1) is 11.3. The summed E-state index contributed by atoms with van der Waals surface area (Å²) < 4.78 is 0. The summed E-state index contributed by atoms with van der Waals surface area (Å²) in [5.74, 6) is -3.49. The van der Waals surface area contributed by atoms with Crippen molar-refractivity contribution in [3.63, 3.8) is 0 Å². The van der Waals surface area contributed by atoms with Gasteiger partial charge in [-0.05, 0) is 39.0 Å².